The molecular weight excluding hydrogens is 128 g/mol. The van der Waals surface area contributed by atoms with Crippen LogP contribution in [0.25, 0.3) is 0 Å². The van der Waals surface area contributed by atoms with Gasteiger partial charge in [0, 0.05) is 26.6 Å². The molecule has 0 N–H and O–H groups in total. The first kappa shape index (κ1) is 7.54. The first-order valence-corrected chi connectivity index (χ1v) is 3.52. The SMILES string of the molecule is COCC1=NN(C)C(C)C1. The Labute approximate surface area is 61.7 Å². The summed E-state index contributed by atoms with van der Waals surface area (Å²) < 4.78 is 4.96. The van der Waals surface area contributed by atoms with E-state index in [-0.39, 0.29) is 0 Å². The molecule has 58 valence electrons. The van der Waals surface area contributed by atoms with E-state index in [1.807, 2.05) is 12.1 Å². The summed E-state index contributed by atoms with van der Waals surface area (Å²) in [6.45, 7) is 2.83. The fraction of sp³-hybridized carbons (Fsp3) is 0.857. The fourth-order valence-electron chi connectivity index (χ4n) is 1.09. The van der Waals surface area contributed by atoms with Gasteiger partial charge in [0.2, 0.25) is 0 Å². The quantitative estimate of drug-likeness (QED) is 0.567. The van der Waals surface area contributed by atoms with Crippen LogP contribution < -0.4 is 0 Å². The highest BCUT2D eigenvalue weighted by atomic mass is 16.5. The van der Waals surface area contributed by atoms with Crippen molar-refractivity contribution in [3.8, 4) is 0 Å². The average Bonchev–Trinajstić information content (AvgIpc) is 2.14. The minimum Gasteiger partial charge on any atom is -0.379 e. The van der Waals surface area contributed by atoms with Gasteiger partial charge in [-0.1, -0.05) is 0 Å². The molecule has 1 unspecified atom stereocenters. The molecule has 10 heavy (non-hydrogen) atoms. The largest absolute Gasteiger partial charge is 0.379 e. The summed E-state index contributed by atoms with van der Waals surface area (Å²) in [6, 6.07) is 0.546. The highest BCUT2D eigenvalue weighted by Crippen LogP contribution is 2.11. The highest BCUT2D eigenvalue weighted by Gasteiger charge is 2.18. The molecule has 1 aliphatic heterocycles. The predicted molar refractivity (Wildman–Crippen MR) is 41.2 cm³/mol. The van der Waals surface area contributed by atoms with Crippen molar-refractivity contribution < 1.29 is 4.74 Å². The molecule has 3 nitrogen and oxygen atoms in total. The zero-order valence-electron chi connectivity index (χ0n) is 6.79. The van der Waals surface area contributed by atoms with Crippen LogP contribution in [-0.4, -0.2) is 37.5 Å². The molecule has 1 aliphatic rings. The number of methoxy groups -OCH3 is 1. The molecular formula is C7H14N2O. The second-order valence-electron chi connectivity index (χ2n) is 2.73. The summed E-state index contributed by atoms with van der Waals surface area (Å²) in [6.07, 6.45) is 1.05. The van der Waals surface area contributed by atoms with Gasteiger partial charge in [0.1, 0.15) is 0 Å². The summed E-state index contributed by atoms with van der Waals surface area (Å²) in [7, 11) is 3.69. The van der Waals surface area contributed by atoms with Crippen molar-refractivity contribution in [3.63, 3.8) is 0 Å². The topological polar surface area (TPSA) is 24.8 Å². The second kappa shape index (κ2) is 3.01. The van der Waals surface area contributed by atoms with Crippen LogP contribution in [0.2, 0.25) is 0 Å². The maximum absolute atomic E-state index is 4.96. The average molecular weight is 142 g/mol. The number of hydrazone groups is 1. The lowest BCUT2D eigenvalue weighted by atomic mass is 10.2. The Hall–Kier alpha value is -0.570. The molecule has 0 radical (unpaired) electrons. The molecule has 0 bridgehead atoms. The van der Waals surface area contributed by atoms with Crippen molar-refractivity contribution in [1.82, 2.24) is 5.01 Å². The standard InChI is InChI=1S/C7H14N2O/c1-6-4-7(5-10-3)8-9(6)2/h6H,4-5H2,1-3H3. The summed E-state index contributed by atoms with van der Waals surface area (Å²) in [5.74, 6) is 0. The molecule has 0 saturated carbocycles. The second-order valence-corrected chi connectivity index (χ2v) is 2.73. The van der Waals surface area contributed by atoms with Crippen molar-refractivity contribution in [3.05, 3.63) is 0 Å². The van der Waals surface area contributed by atoms with Gasteiger partial charge in [0.15, 0.2) is 0 Å². The molecule has 0 amide bonds. The van der Waals surface area contributed by atoms with E-state index in [4.69, 9.17) is 4.74 Å². The zero-order chi connectivity index (χ0) is 7.56. The smallest absolute Gasteiger partial charge is 0.0863 e. The lowest BCUT2D eigenvalue weighted by Gasteiger charge is -2.11. The van der Waals surface area contributed by atoms with Crippen molar-refractivity contribution in [2.45, 2.75) is 19.4 Å². The van der Waals surface area contributed by atoms with E-state index in [9.17, 15) is 0 Å². The maximum Gasteiger partial charge on any atom is 0.0863 e. The van der Waals surface area contributed by atoms with E-state index in [0.29, 0.717) is 12.6 Å². The van der Waals surface area contributed by atoms with E-state index < -0.39 is 0 Å². The maximum atomic E-state index is 4.96. The first-order valence-electron chi connectivity index (χ1n) is 3.52. The normalized spacial score (nSPS) is 25.3. The monoisotopic (exact) mass is 142 g/mol. The van der Waals surface area contributed by atoms with E-state index in [1.165, 1.54) is 0 Å². The van der Waals surface area contributed by atoms with Crippen LogP contribution >= 0.6 is 0 Å². The van der Waals surface area contributed by atoms with E-state index in [0.717, 1.165) is 12.1 Å². The Bertz CT molecular complexity index is 145. The van der Waals surface area contributed by atoms with Crippen LogP contribution in [0.5, 0.6) is 0 Å². The first-order chi connectivity index (χ1) is 4.74. The van der Waals surface area contributed by atoms with Crippen LogP contribution in [0, 0.1) is 0 Å². The van der Waals surface area contributed by atoms with Gasteiger partial charge in [-0.2, -0.15) is 5.10 Å². The molecule has 0 aromatic rings. The Morgan fingerprint density at radius 2 is 2.50 bits per heavy atom. The van der Waals surface area contributed by atoms with Crippen molar-refractivity contribution >= 4 is 5.71 Å². The number of ether oxygens (including phenoxy) is 1. The van der Waals surface area contributed by atoms with Crippen LogP contribution in [0.3, 0.4) is 0 Å². The number of hydrogen-bond donors (Lipinski definition) is 0. The van der Waals surface area contributed by atoms with Crippen LogP contribution in [0.4, 0.5) is 0 Å². The summed E-state index contributed by atoms with van der Waals surface area (Å²) >= 11 is 0. The van der Waals surface area contributed by atoms with E-state index in [2.05, 4.69) is 12.0 Å². The molecule has 0 aliphatic carbocycles. The lowest BCUT2D eigenvalue weighted by molar-refractivity contribution is 0.244. The third-order valence-corrected chi connectivity index (χ3v) is 1.78. The van der Waals surface area contributed by atoms with E-state index >= 15 is 0 Å². The molecule has 1 rings (SSSR count). The van der Waals surface area contributed by atoms with Gasteiger partial charge < -0.3 is 4.74 Å². The Morgan fingerprint density at radius 3 is 2.90 bits per heavy atom. The van der Waals surface area contributed by atoms with Crippen LogP contribution in [0.1, 0.15) is 13.3 Å². The summed E-state index contributed by atoms with van der Waals surface area (Å²) in [5, 5.41) is 6.26. The molecule has 1 atom stereocenters. The van der Waals surface area contributed by atoms with Gasteiger partial charge in [-0.05, 0) is 6.92 Å². The highest BCUT2D eigenvalue weighted by molar-refractivity contribution is 5.87. The molecule has 0 aromatic carbocycles. The number of nitrogens with zero attached hydrogens (tertiary/aromatic N) is 2. The molecule has 0 spiro atoms. The van der Waals surface area contributed by atoms with Crippen LogP contribution in [-0.2, 0) is 4.74 Å². The van der Waals surface area contributed by atoms with Gasteiger partial charge in [0.25, 0.3) is 0 Å². The minimum atomic E-state index is 0.546. The molecule has 0 fully saturated rings. The Balaban J connectivity index is 2.42. The number of hydrogen-bond acceptors (Lipinski definition) is 3. The Morgan fingerprint density at radius 1 is 1.80 bits per heavy atom. The zero-order valence-corrected chi connectivity index (χ0v) is 6.79. The van der Waals surface area contributed by atoms with Crippen molar-refractivity contribution in [2.24, 2.45) is 5.10 Å². The predicted octanol–water partition coefficient (Wildman–Crippen LogP) is 0.713. The van der Waals surface area contributed by atoms with Gasteiger partial charge in [-0.15, -0.1) is 0 Å². The van der Waals surface area contributed by atoms with Crippen molar-refractivity contribution in [2.75, 3.05) is 20.8 Å². The third-order valence-electron chi connectivity index (χ3n) is 1.78. The Kier molecular flexibility index (Phi) is 2.27. The minimum absolute atomic E-state index is 0.546. The van der Waals surface area contributed by atoms with Gasteiger partial charge in [-0.3, -0.25) is 5.01 Å². The van der Waals surface area contributed by atoms with Crippen molar-refractivity contribution in [1.29, 1.82) is 0 Å². The van der Waals surface area contributed by atoms with Gasteiger partial charge in [0.05, 0.1) is 12.3 Å². The van der Waals surface area contributed by atoms with E-state index in [1.54, 1.807) is 7.11 Å². The van der Waals surface area contributed by atoms with Gasteiger partial charge in [-0.25, -0.2) is 0 Å². The molecule has 1 heterocycles. The lowest BCUT2D eigenvalue weighted by Crippen LogP contribution is -2.17. The molecule has 0 aromatic heterocycles. The molecule has 3 heteroatoms. The van der Waals surface area contributed by atoms with Gasteiger partial charge >= 0.3 is 0 Å². The molecule has 0 saturated heterocycles. The van der Waals surface area contributed by atoms with Crippen LogP contribution in [0.15, 0.2) is 5.10 Å². The summed E-state index contributed by atoms with van der Waals surface area (Å²) in [5.41, 5.74) is 1.15. The number of rotatable bonds is 2. The summed E-state index contributed by atoms with van der Waals surface area (Å²) in [4.78, 5) is 0. The fourth-order valence-corrected chi connectivity index (χ4v) is 1.09. The third kappa shape index (κ3) is 1.48.